The van der Waals surface area contributed by atoms with Crippen molar-refractivity contribution in [1.82, 2.24) is 0 Å². The van der Waals surface area contributed by atoms with Crippen LogP contribution < -0.4 is 0 Å². The van der Waals surface area contributed by atoms with Crippen molar-refractivity contribution in [3.63, 3.8) is 0 Å². The first kappa shape index (κ1) is 54.0. The topological polar surface area (TPSA) is 49.4 Å². The average Bonchev–Trinajstić information content (AvgIpc) is 3.21. The third-order valence-electron chi connectivity index (χ3n) is 4.70. The molecule has 4 heteroatoms. The van der Waals surface area contributed by atoms with Gasteiger partial charge in [-0.15, -0.1) is 0 Å². The van der Waals surface area contributed by atoms with Gasteiger partial charge in [0.1, 0.15) is 0 Å². The van der Waals surface area contributed by atoms with Crippen molar-refractivity contribution in [2.45, 2.75) is 110 Å². The molecule has 5 rings (SSSR count). The molecule has 0 spiro atoms. The van der Waals surface area contributed by atoms with Crippen molar-refractivity contribution in [1.29, 1.82) is 0 Å². The summed E-state index contributed by atoms with van der Waals surface area (Å²) in [7, 11) is 1.67. The van der Waals surface area contributed by atoms with E-state index in [2.05, 4.69) is 82.8 Å². The van der Waals surface area contributed by atoms with Crippen LogP contribution in [0.25, 0.3) is 10.8 Å². The van der Waals surface area contributed by atoms with Gasteiger partial charge in [0.25, 0.3) is 0 Å². The van der Waals surface area contributed by atoms with Crippen molar-refractivity contribution in [3.05, 3.63) is 139 Å². The molecule has 5 aromatic rings. The van der Waals surface area contributed by atoms with Crippen LogP contribution >= 0.6 is 0 Å². The smallest absolute Gasteiger partial charge is 0.0857 e. The Balaban J connectivity index is -0.000000167. The number of hydrogen-bond donors (Lipinski definition) is 0. The summed E-state index contributed by atoms with van der Waals surface area (Å²) < 4.78 is 0. The van der Waals surface area contributed by atoms with E-state index in [0.29, 0.717) is 0 Å². The molecule has 0 aromatic heterocycles. The van der Waals surface area contributed by atoms with Gasteiger partial charge < -0.3 is 0 Å². The van der Waals surface area contributed by atoms with E-state index in [4.69, 9.17) is 0 Å². The average molecular weight is 669 g/mol. The van der Waals surface area contributed by atoms with Crippen LogP contribution in [0.3, 0.4) is 0 Å². The molecular weight excluding hydrogens is 597 g/mol. The Labute approximate surface area is 303 Å². The van der Waals surface area contributed by atoms with Gasteiger partial charge in [0.2, 0.25) is 0 Å². The lowest BCUT2D eigenvalue weighted by molar-refractivity contribution is 1.09. The molecule has 0 aliphatic heterocycles. The normalized spacial score (nSPS) is 8.33. The lowest BCUT2D eigenvalue weighted by Crippen LogP contribution is -1.67. The molecule has 5 aromatic carbocycles. The van der Waals surface area contributed by atoms with Crippen LogP contribution in [-0.4, -0.2) is 7.05 Å². The molecule has 0 bridgehead atoms. The zero-order valence-electron chi connectivity index (χ0n) is 34.2. The van der Waals surface area contributed by atoms with Crippen LogP contribution in [0.2, 0.25) is 0 Å². The highest BCUT2D eigenvalue weighted by Crippen LogP contribution is 2.16. The number of aryl methyl sites for hydroxylation is 1. The Morgan fingerprint density at radius 3 is 0.857 bits per heavy atom. The summed E-state index contributed by atoms with van der Waals surface area (Å²) in [6.45, 7) is 30.3. The van der Waals surface area contributed by atoms with Crippen LogP contribution in [-0.2, 0) is 0 Å². The summed E-state index contributed by atoms with van der Waals surface area (Å²) in [5, 5.41) is 18.4. The second-order valence-electron chi connectivity index (χ2n) is 8.06. The fourth-order valence-corrected chi connectivity index (χ4v) is 2.96. The van der Waals surface area contributed by atoms with E-state index >= 15 is 0 Å². The minimum atomic E-state index is 0.872. The first-order valence-corrected chi connectivity index (χ1v) is 18.5. The van der Waals surface area contributed by atoms with Crippen LogP contribution in [0.1, 0.15) is 109 Å². The van der Waals surface area contributed by atoms with Crippen LogP contribution in [0.15, 0.2) is 154 Å². The molecule has 0 aliphatic carbocycles. The number of benzene rings is 5. The summed E-state index contributed by atoms with van der Waals surface area (Å²) in [6.07, 6.45) is 1.25. The summed E-state index contributed by atoms with van der Waals surface area (Å²) in [5.41, 5.74) is 3.90. The Hall–Kier alpha value is -4.44. The summed E-state index contributed by atoms with van der Waals surface area (Å²) in [4.78, 5) is 0. The highest BCUT2D eigenvalue weighted by atomic mass is 15.1. The maximum atomic E-state index is 4.10. The molecule has 49 heavy (non-hydrogen) atoms. The molecule has 0 aliphatic rings. The third-order valence-corrected chi connectivity index (χ3v) is 4.70. The molecule has 0 unspecified atom stereocenters. The SMILES string of the molecule is CC.CC.CC.CC.CC.CC.CCC.CN=Nc1ccc(C)cc1.c1ccc(N=Nc2ccccc2)cc1.c1ccc2ccccc2c1. The van der Waals surface area contributed by atoms with E-state index in [1.807, 2.05) is 175 Å². The van der Waals surface area contributed by atoms with Gasteiger partial charge in [-0.05, 0) is 54.1 Å². The zero-order valence-corrected chi connectivity index (χ0v) is 34.2. The zero-order chi connectivity index (χ0) is 38.6. The molecule has 4 nitrogen and oxygen atoms in total. The highest BCUT2D eigenvalue weighted by Gasteiger charge is 1.87. The number of hydrogen-bond acceptors (Lipinski definition) is 4. The number of azo groups is 2. The van der Waals surface area contributed by atoms with E-state index in [1.54, 1.807) is 7.05 Å². The molecular formula is C45H72N4. The van der Waals surface area contributed by atoms with E-state index in [0.717, 1.165) is 17.1 Å². The lowest BCUT2D eigenvalue weighted by atomic mass is 10.1. The van der Waals surface area contributed by atoms with Gasteiger partial charge in [-0.3, -0.25) is 0 Å². The second-order valence-corrected chi connectivity index (χ2v) is 8.06. The van der Waals surface area contributed by atoms with Crippen molar-refractivity contribution in [2.24, 2.45) is 20.5 Å². The Kier molecular flexibility index (Phi) is 52.9. The van der Waals surface area contributed by atoms with Crippen molar-refractivity contribution in [2.75, 3.05) is 7.05 Å². The molecule has 0 amide bonds. The van der Waals surface area contributed by atoms with E-state index in [1.165, 1.54) is 22.8 Å². The van der Waals surface area contributed by atoms with E-state index in [-0.39, 0.29) is 0 Å². The van der Waals surface area contributed by atoms with Crippen molar-refractivity contribution in [3.8, 4) is 0 Å². The minimum absolute atomic E-state index is 0.872. The largest absolute Gasteiger partial charge is 0.192 e. The molecule has 272 valence electrons. The second kappa shape index (κ2) is 48.0. The molecule has 0 saturated heterocycles. The number of nitrogens with zero attached hydrogens (tertiary/aromatic N) is 4. The summed E-state index contributed by atoms with van der Waals surface area (Å²) in [6, 6.07) is 44.0. The first-order valence-electron chi connectivity index (χ1n) is 18.5. The van der Waals surface area contributed by atoms with Gasteiger partial charge in [-0.1, -0.05) is 206 Å². The third kappa shape index (κ3) is 33.3. The Morgan fingerprint density at radius 2 is 0.592 bits per heavy atom. The summed E-state index contributed by atoms with van der Waals surface area (Å²) in [5.74, 6) is 0. The molecule has 0 radical (unpaired) electrons. The fraction of sp³-hybridized carbons (Fsp3) is 0.378. The standard InChI is InChI=1S/C12H10N2.C10H8.C8H10N2.C3H8.6C2H6/c1-3-7-11(8-4-1)13-14-12-9-5-2-6-10-12;1-2-6-10-8-4-3-7-9(10)5-1;1-7-3-5-8(6-4-7)10-9-2;1-3-2;6*1-2/h1-10H;1-8H;3-6H,1-2H3;3H2,1-2H3;6*1-2H3. The van der Waals surface area contributed by atoms with Gasteiger partial charge in [-0.2, -0.15) is 20.5 Å². The monoisotopic (exact) mass is 669 g/mol. The van der Waals surface area contributed by atoms with Crippen LogP contribution in [0.4, 0.5) is 17.1 Å². The number of rotatable bonds is 3. The van der Waals surface area contributed by atoms with Crippen LogP contribution in [0.5, 0.6) is 0 Å². The fourth-order valence-electron chi connectivity index (χ4n) is 2.96. The van der Waals surface area contributed by atoms with Gasteiger partial charge in [0.05, 0.1) is 17.1 Å². The van der Waals surface area contributed by atoms with Crippen molar-refractivity contribution >= 4 is 27.8 Å². The first-order chi connectivity index (χ1) is 24.2. The van der Waals surface area contributed by atoms with Gasteiger partial charge in [0.15, 0.2) is 0 Å². The Bertz CT molecular complexity index is 1210. The predicted octanol–water partition coefficient (Wildman–Crippen LogP) is 17.2. The molecule has 0 atom stereocenters. The molecule has 0 N–H and O–H groups in total. The van der Waals surface area contributed by atoms with Crippen LogP contribution in [0, 0.1) is 6.92 Å². The van der Waals surface area contributed by atoms with Gasteiger partial charge in [-0.25, -0.2) is 0 Å². The Morgan fingerprint density at radius 1 is 0.347 bits per heavy atom. The summed E-state index contributed by atoms with van der Waals surface area (Å²) >= 11 is 0. The maximum Gasteiger partial charge on any atom is 0.0857 e. The van der Waals surface area contributed by atoms with Gasteiger partial charge in [0, 0.05) is 7.05 Å². The minimum Gasteiger partial charge on any atom is -0.192 e. The maximum absolute atomic E-state index is 4.10. The van der Waals surface area contributed by atoms with E-state index in [9.17, 15) is 0 Å². The van der Waals surface area contributed by atoms with E-state index < -0.39 is 0 Å². The van der Waals surface area contributed by atoms with Gasteiger partial charge >= 0.3 is 0 Å². The molecule has 0 fully saturated rings. The van der Waals surface area contributed by atoms with Crippen molar-refractivity contribution < 1.29 is 0 Å². The predicted molar refractivity (Wildman–Crippen MR) is 227 cm³/mol. The molecule has 0 heterocycles. The number of fused-ring (bicyclic) bond motifs is 1. The quantitative estimate of drug-likeness (QED) is 0.172. The molecule has 0 saturated carbocycles. The highest BCUT2D eigenvalue weighted by molar-refractivity contribution is 5.82. The lowest BCUT2D eigenvalue weighted by Gasteiger charge is -1.92.